The van der Waals surface area contributed by atoms with E-state index in [1.54, 1.807) is 6.07 Å². The van der Waals surface area contributed by atoms with Crippen molar-refractivity contribution in [3.05, 3.63) is 59.4 Å². The van der Waals surface area contributed by atoms with E-state index in [0.717, 1.165) is 29.6 Å². The van der Waals surface area contributed by atoms with Crippen LogP contribution >= 0.6 is 34.9 Å². The van der Waals surface area contributed by atoms with Crippen LogP contribution in [0.2, 0.25) is 0 Å². The maximum absolute atomic E-state index is 13.5. The first-order chi connectivity index (χ1) is 20.1. The number of alkyl halides is 3. The van der Waals surface area contributed by atoms with Crippen molar-refractivity contribution in [3.63, 3.8) is 0 Å². The Balaban J connectivity index is 1.55. The summed E-state index contributed by atoms with van der Waals surface area (Å²) >= 11 is 3.69. The van der Waals surface area contributed by atoms with Crippen molar-refractivity contribution in [1.82, 2.24) is 30.3 Å². The zero-order valence-corrected chi connectivity index (χ0v) is 24.8. The number of hydrogen-bond acceptors (Lipinski definition) is 11. The second-order valence-corrected chi connectivity index (χ2v) is 11.6. The molecule has 0 saturated carbocycles. The Kier molecular flexibility index (Phi) is 10.3. The molecule has 0 radical (unpaired) electrons. The molecular weight excluding hydrogens is 616 g/mol. The number of methoxy groups -OCH3 is 2. The number of benzene rings is 2. The van der Waals surface area contributed by atoms with Crippen LogP contribution in [0.1, 0.15) is 28.7 Å². The van der Waals surface area contributed by atoms with Crippen molar-refractivity contribution >= 4 is 51.8 Å². The Labute approximate surface area is 250 Å². The first-order valence-electron chi connectivity index (χ1n) is 12.1. The second kappa shape index (κ2) is 13.9. The number of thioether (sulfide) groups is 2. The smallest absolute Gasteiger partial charge is 0.416 e. The minimum atomic E-state index is -4.59. The molecule has 0 aliphatic carbocycles. The van der Waals surface area contributed by atoms with Crippen molar-refractivity contribution in [2.24, 2.45) is 0 Å². The van der Waals surface area contributed by atoms with Crippen LogP contribution in [0.15, 0.2) is 52.0 Å². The van der Waals surface area contributed by atoms with E-state index in [4.69, 9.17) is 9.47 Å². The Bertz CT molecular complexity index is 1560. The lowest BCUT2D eigenvalue weighted by Gasteiger charge is -2.14. The Morgan fingerprint density at radius 3 is 2.50 bits per heavy atom. The van der Waals surface area contributed by atoms with Crippen LogP contribution in [0.25, 0.3) is 5.69 Å². The number of hydrogen-bond donors (Lipinski definition) is 2. The SMILES string of the molecule is CCSc1nnc(NC(=O)CSc2nnc(CNC(=O)c3ccc(OC)c(OC)c3)n2-c2cccc(C(F)(F)F)c2)s1. The second-order valence-electron chi connectivity index (χ2n) is 8.18. The standard InChI is InChI=1S/C25H24F3N7O4S3/c1-4-40-24-34-32-22(42-24)30-20(36)13-41-23-33-31-19(35(23)16-7-5-6-15(11-16)25(26,27)28)12-29-21(37)14-8-9-17(38-2)18(10-14)39-3/h5-11H,4,12-13H2,1-3H3,(H,29,37)(H,30,32,36). The number of amides is 2. The van der Waals surface area contributed by atoms with Crippen molar-refractivity contribution in [3.8, 4) is 17.2 Å². The van der Waals surface area contributed by atoms with Crippen LogP contribution in [0.4, 0.5) is 18.3 Å². The highest BCUT2D eigenvalue weighted by atomic mass is 32.2. The summed E-state index contributed by atoms with van der Waals surface area (Å²) in [4.78, 5) is 25.5. The molecule has 0 saturated heterocycles. The molecule has 0 spiro atoms. The average molecular weight is 640 g/mol. The highest BCUT2D eigenvalue weighted by Crippen LogP contribution is 2.32. The third-order valence-electron chi connectivity index (χ3n) is 5.44. The first-order valence-corrected chi connectivity index (χ1v) is 14.9. The Hall–Kier alpha value is -3.83. The number of rotatable bonds is 12. The van der Waals surface area contributed by atoms with Crippen LogP contribution in [0.5, 0.6) is 11.5 Å². The van der Waals surface area contributed by atoms with E-state index in [1.807, 2.05) is 6.92 Å². The molecule has 0 aliphatic heterocycles. The summed E-state index contributed by atoms with van der Waals surface area (Å²) in [5, 5.41) is 21.9. The molecule has 2 aromatic heterocycles. The van der Waals surface area contributed by atoms with Gasteiger partial charge in [0.25, 0.3) is 5.91 Å². The monoisotopic (exact) mass is 639 g/mol. The van der Waals surface area contributed by atoms with Gasteiger partial charge in [0, 0.05) is 5.56 Å². The zero-order valence-electron chi connectivity index (χ0n) is 22.4. The number of aromatic nitrogens is 5. The fourth-order valence-corrected chi connectivity index (χ4v) is 5.99. The molecule has 2 amide bonds. The van der Waals surface area contributed by atoms with Gasteiger partial charge < -0.3 is 14.8 Å². The van der Waals surface area contributed by atoms with Gasteiger partial charge in [0.1, 0.15) is 0 Å². The molecule has 0 unspecified atom stereocenters. The van der Waals surface area contributed by atoms with Gasteiger partial charge in [-0.25, -0.2) is 0 Å². The maximum Gasteiger partial charge on any atom is 0.416 e. The summed E-state index contributed by atoms with van der Waals surface area (Å²) in [5.41, 5.74) is -0.501. The lowest BCUT2D eigenvalue weighted by molar-refractivity contribution is -0.137. The van der Waals surface area contributed by atoms with Crippen LogP contribution in [0.3, 0.4) is 0 Å². The first kappa shape index (κ1) is 31.1. The number of nitrogens with one attached hydrogen (secondary N) is 2. The summed E-state index contributed by atoms with van der Waals surface area (Å²) in [6, 6.07) is 9.21. The molecule has 2 N–H and O–H groups in total. The van der Waals surface area contributed by atoms with Crippen LogP contribution in [0, 0.1) is 0 Å². The van der Waals surface area contributed by atoms with Gasteiger partial charge in [0.05, 0.1) is 37.8 Å². The molecule has 4 aromatic rings. The summed E-state index contributed by atoms with van der Waals surface area (Å²) < 4.78 is 53.0. The van der Waals surface area contributed by atoms with Gasteiger partial charge in [-0.1, -0.05) is 47.9 Å². The van der Waals surface area contributed by atoms with Crippen molar-refractivity contribution in [2.45, 2.75) is 29.1 Å². The quantitative estimate of drug-likeness (QED) is 0.162. The van der Waals surface area contributed by atoms with Crippen LogP contribution in [-0.4, -0.2) is 62.5 Å². The van der Waals surface area contributed by atoms with E-state index in [2.05, 4.69) is 31.0 Å². The van der Waals surface area contributed by atoms with Gasteiger partial charge in [0.2, 0.25) is 11.0 Å². The normalized spacial score (nSPS) is 11.3. The number of halogens is 3. The third-order valence-corrected chi connectivity index (χ3v) is 8.22. The van der Waals surface area contributed by atoms with E-state index >= 15 is 0 Å². The lowest BCUT2D eigenvalue weighted by Crippen LogP contribution is -2.25. The van der Waals surface area contributed by atoms with Crippen LogP contribution in [-0.2, 0) is 17.5 Å². The lowest BCUT2D eigenvalue weighted by atomic mass is 10.2. The van der Waals surface area contributed by atoms with E-state index in [0.29, 0.717) is 21.0 Å². The van der Waals surface area contributed by atoms with Gasteiger partial charge in [-0.2, -0.15) is 13.2 Å². The molecule has 42 heavy (non-hydrogen) atoms. The molecule has 0 aliphatic rings. The van der Waals surface area contributed by atoms with Gasteiger partial charge in [-0.3, -0.25) is 19.5 Å². The molecule has 0 bridgehead atoms. The Morgan fingerprint density at radius 1 is 1.00 bits per heavy atom. The average Bonchev–Trinajstić information content (AvgIpc) is 3.60. The molecule has 0 fully saturated rings. The molecular formula is C25H24F3N7O4S3. The van der Waals surface area contributed by atoms with Crippen LogP contribution < -0.4 is 20.1 Å². The number of ether oxygens (including phenoxy) is 2. The third kappa shape index (κ3) is 7.71. The fraction of sp³-hybridized carbons (Fsp3) is 0.280. The largest absolute Gasteiger partial charge is 0.493 e. The van der Waals surface area contributed by atoms with Gasteiger partial charge >= 0.3 is 6.18 Å². The fourth-order valence-electron chi connectivity index (χ4n) is 3.56. The summed E-state index contributed by atoms with van der Waals surface area (Å²) in [6.07, 6.45) is -4.59. The molecule has 2 aromatic carbocycles. The topological polar surface area (TPSA) is 133 Å². The van der Waals surface area contributed by atoms with E-state index < -0.39 is 23.6 Å². The highest BCUT2D eigenvalue weighted by Gasteiger charge is 2.31. The molecule has 0 atom stereocenters. The minimum Gasteiger partial charge on any atom is -0.493 e. The number of carbonyl (C=O) groups excluding carboxylic acids is 2. The van der Waals surface area contributed by atoms with Gasteiger partial charge in [0.15, 0.2) is 26.8 Å². The minimum absolute atomic E-state index is 0.110. The molecule has 222 valence electrons. The van der Waals surface area contributed by atoms with E-state index in [-0.39, 0.29) is 34.5 Å². The number of carbonyl (C=O) groups is 2. The van der Waals surface area contributed by atoms with Gasteiger partial charge in [-0.15, -0.1) is 20.4 Å². The summed E-state index contributed by atoms with van der Waals surface area (Å²) in [6.45, 7) is 1.79. The summed E-state index contributed by atoms with van der Waals surface area (Å²) in [5.74, 6) is 0.716. The Morgan fingerprint density at radius 2 is 1.79 bits per heavy atom. The highest BCUT2D eigenvalue weighted by molar-refractivity contribution is 8.01. The molecule has 4 rings (SSSR count). The predicted molar refractivity (Wildman–Crippen MR) is 153 cm³/mol. The van der Waals surface area contributed by atoms with Gasteiger partial charge in [-0.05, 0) is 42.2 Å². The summed E-state index contributed by atoms with van der Waals surface area (Å²) in [7, 11) is 2.91. The van der Waals surface area contributed by atoms with Crippen molar-refractivity contribution in [2.75, 3.05) is 31.0 Å². The number of anilines is 1. The predicted octanol–water partition coefficient (Wildman–Crippen LogP) is 4.93. The molecule has 11 nitrogen and oxygen atoms in total. The maximum atomic E-state index is 13.5. The number of nitrogens with zero attached hydrogens (tertiary/aromatic N) is 5. The molecule has 2 heterocycles. The van der Waals surface area contributed by atoms with E-state index in [9.17, 15) is 22.8 Å². The van der Waals surface area contributed by atoms with Crippen molar-refractivity contribution < 1.29 is 32.2 Å². The molecule has 17 heteroatoms. The van der Waals surface area contributed by atoms with E-state index in [1.165, 1.54) is 66.2 Å². The zero-order chi connectivity index (χ0) is 30.3. The van der Waals surface area contributed by atoms with Crippen molar-refractivity contribution in [1.29, 1.82) is 0 Å².